The minimum absolute atomic E-state index is 0.192. The van der Waals surface area contributed by atoms with Gasteiger partial charge in [0.1, 0.15) is 5.82 Å². The molecule has 3 aromatic rings. The van der Waals surface area contributed by atoms with Gasteiger partial charge in [0.25, 0.3) is 5.91 Å². The fourth-order valence-corrected chi connectivity index (χ4v) is 3.76. The first-order chi connectivity index (χ1) is 14.8. The van der Waals surface area contributed by atoms with Crippen molar-refractivity contribution in [2.24, 2.45) is 0 Å². The van der Waals surface area contributed by atoms with Crippen LogP contribution in [0, 0.1) is 0 Å². The Morgan fingerprint density at radius 1 is 1.16 bits per heavy atom. The number of benzene rings is 1. The van der Waals surface area contributed by atoms with Gasteiger partial charge >= 0.3 is 6.18 Å². The van der Waals surface area contributed by atoms with Crippen LogP contribution in [0.25, 0.3) is 5.69 Å². The molecule has 7 nitrogen and oxygen atoms in total. The highest BCUT2D eigenvalue weighted by Crippen LogP contribution is 2.28. The third kappa shape index (κ3) is 4.79. The summed E-state index contributed by atoms with van der Waals surface area (Å²) in [6.07, 6.45) is 2.82. The number of rotatable bonds is 5. The molecule has 4 rings (SSSR count). The van der Waals surface area contributed by atoms with Crippen LogP contribution < -0.4 is 10.6 Å². The summed E-state index contributed by atoms with van der Waals surface area (Å²) in [4.78, 5) is 20.2. The molecule has 0 bridgehead atoms. The minimum Gasteiger partial charge on any atom is -0.364 e. The Hall–Kier alpha value is -3.14. The third-order valence-electron chi connectivity index (χ3n) is 5.06. The molecule has 1 saturated carbocycles. The maximum Gasteiger partial charge on any atom is 0.434 e. The molecule has 1 aliphatic rings. The van der Waals surface area contributed by atoms with E-state index in [0.717, 1.165) is 25.5 Å². The monoisotopic (exact) mass is 450 g/mol. The van der Waals surface area contributed by atoms with Crippen molar-refractivity contribution in [2.75, 3.05) is 5.32 Å². The summed E-state index contributed by atoms with van der Waals surface area (Å²) >= 11 is 6.10. The SMILES string of the molecule is O=C(NC1CCC[C@@H]1Nc1cnc(C(F)(F)F)cn1)c1cc(Cl)ccc1-n1cccn1. The number of nitrogens with zero attached hydrogens (tertiary/aromatic N) is 4. The number of aromatic nitrogens is 4. The van der Waals surface area contributed by atoms with E-state index in [1.54, 1.807) is 41.3 Å². The lowest BCUT2D eigenvalue weighted by Gasteiger charge is -2.23. The number of hydrogen-bond donors (Lipinski definition) is 2. The predicted octanol–water partition coefficient (Wildman–Crippen LogP) is 4.10. The van der Waals surface area contributed by atoms with E-state index in [2.05, 4.69) is 25.7 Å². The molecule has 0 spiro atoms. The molecule has 2 atom stereocenters. The fourth-order valence-electron chi connectivity index (χ4n) is 3.59. The number of halogens is 4. The van der Waals surface area contributed by atoms with E-state index in [1.807, 2.05) is 0 Å². The van der Waals surface area contributed by atoms with Crippen molar-refractivity contribution in [3.8, 4) is 5.69 Å². The van der Waals surface area contributed by atoms with Crippen LogP contribution in [-0.4, -0.2) is 37.7 Å². The maximum absolute atomic E-state index is 13.0. The van der Waals surface area contributed by atoms with E-state index in [9.17, 15) is 18.0 Å². The van der Waals surface area contributed by atoms with Gasteiger partial charge in [-0.25, -0.2) is 14.6 Å². The lowest BCUT2D eigenvalue weighted by Crippen LogP contribution is -2.43. The second-order valence-corrected chi connectivity index (χ2v) is 7.59. The molecule has 1 unspecified atom stereocenters. The van der Waals surface area contributed by atoms with Gasteiger partial charge in [0.15, 0.2) is 5.69 Å². The first kappa shape index (κ1) is 21.1. The molecule has 0 radical (unpaired) electrons. The topological polar surface area (TPSA) is 84.7 Å². The average molecular weight is 451 g/mol. The fraction of sp³-hybridized carbons (Fsp3) is 0.300. The average Bonchev–Trinajstić information content (AvgIpc) is 3.40. The Labute approximate surface area is 180 Å². The standard InChI is InChI=1S/C20H18ClF3N6O/c21-12-5-6-16(30-8-2-7-27-30)13(9-12)19(31)29-15-4-1-3-14(15)28-18-11-25-17(10-26-18)20(22,23)24/h2,5-11,14-15H,1,3-4H2,(H,26,28)(H,29,31)/t14-,15?/m0/s1. The molecule has 2 N–H and O–H groups in total. The van der Waals surface area contributed by atoms with E-state index in [-0.39, 0.29) is 23.8 Å². The van der Waals surface area contributed by atoms with Gasteiger partial charge < -0.3 is 10.6 Å². The third-order valence-corrected chi connectivity index (χ3v) is 5.30. The van der Waals surface area contributed by atoms with Gasteiger partial charge in [-0.15, -0.1) is 0 Å². The van der Waals surface area contributed by atoms with Crippen molar-refractivity contribution in [1.29, 1.82) is 0 Å². The number of alkyl halides is 3. The molecule has 0 aliphatic heterocycles. The Balaban J connectivity index is 1.48. The predicted molar refractivity (Wildman–Crippen MR) is 108 cm³/mol. The van der Waals surface area contributed by atoms with Crippen molar-refractivity contribution in [3.05, 3.63) is 65.3 Å². The summed E-state index contributed by atoms with van der Waals surface area (Å²) in [6, 6.07) is 6.29. The zero-order valence-corrected chi connectivity index (χ0v) is 16.9. The highest BCUT2D eigenvalue weighted by atomic mass is 35.5. The van der Waals surface area contributed by atoms with Gasteiger partial charge in [-0.05, 0) is 43.5 Å². The second-order valence-electron chi connectivity index (χ2n) is 7.16. The van der Waals surface area contributed by atoms with Crippen LogP contribution in [0.5, 0.6) is 0 Å². The molecule has 11 heteroatoms. The summed E-state index contributed by atoms with van der Waals surface area (Å²) in [5.41, 5.74) is -0.0967. The molecule has 2 aromatic heterocycles. The first-order valence-electron chi connectivity index (χ1n) is 9.57. The van der Waals surface area contributed by atoms with Crippen LogP contribution in [0.15, 0.2) is 49.1 Å². The van der Waals surface area contributed by atoms with Crippen LogP contribution in [-0.2, 0) is 6.18 Å². The Kier molecular flexibility index (Phi) is 5.81. The molecule has 0 saturated heterocycles. The van der Waals surface area contributed by atoms with Crippen LogP contribution in [0.3, 0.4) is 0 Å². The number of carbonyl (C=O) groups excluding carboxylic acids is 1. The number of anilines is 1. The highest BCUT2D eigenvalue weighted by molar-refractivity contribution is 6.31. The summed E-state index contributed by atoms with van der Waals surface area (Å²) in [7, 11) is 0. The minimum atomic E-state index is -4.54. The molecule has 1 aromatic carbocycles. The molecule has 1 aliphatic carbocycles. The van der Waals surface area contributed by atoms with Gasteiger partial charge in [0, 0.05) is 29.5 Å². The van der Waals surface area contributed by atoms with Gasteiger partial charge in [-0.1, -0.05) is 11.6 Å². The normalized spacial score (nSPS) is 18.7. The summed E-state index contributed by atoms with van der Waals surface area (Å²) in [5.74, 6) is -0.0932. The molecule has 2 heterocycles. The number of amides is 1. The second kappa shape index (κ2) is 8.54. The van der Waals surface area contributed by atoms with Crippen LogP contribution in [0.1, 0.15) is 35.3 Å². The van der Waals surface area contributed by atoms with Crippen molar-refractivity contribution in [1.82, 2.24) is 25.1 Å². The smallest absolute Gasteiger partial charge is 0.364 e. The molecule has 1 amide bonds. The highest BCUT2D eigenvalue weighted by Gasteiger charge is 2.33. The van der Waals surface area contributed by atoms with Gasteiger partial charge in [-0.3, -0.25) is 4.79 Å². The van der Waals surface area contributed by atoms with Gasteiger partial charge in [-0.2, -0.15) is 18.3 Å². The largest absolute Gasteiger partial charge is 0.434 e. The number of carbonyl (C=O) groups is 1. The van der Waals surface area contributed by atoms with E-state index < -0.39 is 11.9 Å². The molecule has 1 fully saturated rings. The Morgan fingerprint density at radius 3 is 2.65 bits per heavy atom. The lowest BCUT2D eigenvalue weighted by atomic mass is 10.1. The van der Waals surface area contributed by atoms with Gasteiger partial charge in [0.05, 0.1) is 23.6 Å². The van der Waals surface area contributed by atoms with Crippen molar-refractivity contribution >= 4 is 23.3 Å². The van der Waals surface area contributed by atoms with E-state index in [0.29, 0.717) is 22.5 Å². The quantitative estimate of drug-likeness (QED) is 0.611. The zero-order valence-electron chi connectivity index (χ0n) is 16.1. The maximum atomic E-state index is 13.0. The number of nitrogens with one attached hydrogen (secondary N) is 2. The van der Waals surface area contributed by atoms with Gasteiger partial charge in [0.2, 0.25) is 0 Å². The lowest BCUT2D eigenvalue weighted by molar-refractivity contribution is -0.141. The van der Waals surface area contributed by atoms with Crippen LogP contribution >= 0.6 is 11.6 Å². The van der Waals surface area contributed by atoms with Crippen molar-refractivity contribution in [2.45, 2.75) is 37.5 Å². The first-order valence-corrected chi connectivity index (χ1v) is 9.95. The molecule has 31 heavy (non-hydrogen) atoms. The van der Waals surface area contributed by atoms with Crippen molar-refractivity contribution in [3.63, 3.8) is 0 Å². The van der Waals surface area contributed by atoms with Crippen molar-refractivity contribution < 1.29 is 18.0 Å². The zero-order chi connectivity index (χ0) is 22.0. The number of hydrogen-bond acceptors (Lipinski definition) is 5. The van der Waals surface area contributed by atoms with Crippen LogP contribution in [0.4, 0.5) is 19.0 Å². The Morgan fingerprint density at radius 2 is 1.97 bits per heavy atom. The van der Waals surface area contributed by atoms with E-state index in [4.69, 9.17) is 11.6 Å². The summed E-state index contributed by atoms with van der Waals surface area (Å²) in [6.45, 7) is 0. The van der Waals surface area contributed by atoms with E-state index in [1.165, 1.54) is 0 Å². The molecular formula is C20H18ClF3N6O. The summed E-state index contributed by atoms with van der Waals surface area (Å²) < 4.78 is 39.6. The van der Waals surface area contributed by atoms with E-state index >= 15 is 0 Å². The Bertz CT molecular complexity index is 1060. The molecule has 162 valence electrons. The van der Waals surface area contributed by atoms with Crippen LogP contribution in [0.2, 0.25) is 5.02 Å². The molecular weight excluding hydrogens is 433 g/mol. The summed E-state index contributed by atoms with van der Waals surface area (Å²) in [5, 5.41) is 10.7.